The Morgan fingerprint density at radius 2 is 2.05 bits per heavy atom. The predicted molar refractivity (Wildman–Crippen MR) is 82.9 cm³/mol. The molecule has 1 atom stereocenters. The predicted octanol–water partition coefficient (Wildman–Crippen LogP) is 2.24. The van der Waals surface area contributed by atoms with Crippen LogP contribution in [0.1, 0.15) is 23.0 Å². The summed E-state index contributed by atoms with van der Waals surface area (Å²) in [5.74, 6) is -0.123. The van der Waals surface area contributed by atoms with Crippen molar-refractivity contribution in [1.82, 2.24) is 10.2 Å². The zero-order valence-electron chi connectivity index (χ0n) is 12.2. The van der Waals surface area contributed by atoms with Gasteiger partial charge in [-0.25, -0.2) is 4.79 Å². The van der Waals surface area contributed by atoms with Crippen molar-refractivity contribution in [3.63, 3.8) is 0 Å². The van der Waals surface area contributed by atoms with Crippen LogP contribution in [0.4, 0.5) is 5.82 Å². The molecule has 0 radical (unpaired) electrons. The number of methoxy groups -OCH3 is 1. The maximum Gasteiger partial charge on any atom is 0.358 e. The Balaban J connectivity index is 2.06. The smallest absolute Gasteiger partial charge is 0.358 e. The van der Waals surface area contributed by atoms with Crippen LogP contribution in [-0.4, -0.2) is 34.9 Å². The largest absolute Gasteiger partial charge is 0.464 e. The number of hydrogen-bond acceptors (Lipinski definition) is 6. The maximum absolute atomic E-state index is 11.3. The molecule has 7 heteroatoms. The number of anilines is 1. The summed E-state index contributed by atoms with van der Waals surface area (Å²) in [5, 5.41) is 21.6. The molecule has 0 saturated heterocycles. The number of aliphatic hydroxyl groups is 1. The second-order valence-corrected chi connectivity index (χ2v) is 5.31. The Hall–Kier alpha value is -2.18. The average Bonchev–Trinajstić information content (AvgIpc) is 2.53. The standard InChI is InChI=1S/C15H16ClN3O3/c1-15(21,10-5-3-4-6-11(10)16)9-17-13-8-7-12(18-19-13)14(20)22-2/h3-8,21H,9H2,1-2H3,(H,17,19). The molecule has 22 heavy (non-hydrogen) atoms. The molecule has 1 aromatic carbocycles. The third-order valence-corrected chi connectivity index (χ3v) is 3.46. The SMILES string of the molecule is COC(=O)c1ccc(NCC(C)(O)c2ccccc2Cl)nn1. The number of carbonyl (C=O) groups excluding carboxylic acids is 1. The van der Waals surface area contributed by atoms with E-state index in [9.17, 15) is 9.90 Å². The van der Waals surface area contributed by atoms with Gasteiger partial charge in [-0.05, 0) is 25.1 Å². The van der Waals surface area contributed by atoms with Crippen molar-refractivity contribution in [3.8, 4) is 0 Å². The number of esters is 1. The minimum absolute atomic E-state index is 0.117. The van der Waals surface area contributed by atoms with Gasteiger partial charge < -0.3 is 15.2 Å². The molecule has 2 N–H and O–H groups in total. The summed E-state index contributed by atoms with van der Waals surface area (Å²) >= 11 is 6.09. The molecule has 0 saturated carbocycles. The van der Waals surface area contributed by atoms with Crippen LogP contribution in [0.25, 0.3) is 0 Å². The fourth-order valence-corrected chi connectivity index (χ4v) is 2.24. The summed E-state index contributed by atoms with van der Waals surface area (Å²) < 4.78 is 4.54. The first-order valence-electron chi connectivity index (χ1n) is 6.57. The Kier molecular flexibility index (Phi) is 4.95. The van der Waals surface area contributed by atoms with Crippen molar-refractivity contribution in [2.75, 3.05) is 19.0 Å². The van der Waals surface area contributed by atoms with Crippen LogP contribution in [0, 0.1) is 0 Å². The second kappa shape index (κ2) is 6.72. The Bertz CT molecular complexity index is 659. The first-order valence-corrected chi connectivity index (χ1v) is 6.95. The number of rotatable bonds is 5. The van der Waals surface area contributed by atoms with Gasteiger partial charge in [-0.3, -0.25) is 0 Å². The summed E-state index contributed by atoms with van der Waals surface area (Å²) in [5.41, 5.74) is -0.449. The molecule has 2 aromatic rings. The third kappa shape index (κ3) is 3.72. The topological polar surface area (TPSA) is 84.3 Å². The number of hydrogen-bond donors (Lipinski definition) is 2. The van der Waals surface area contributed by atoms with E-state index in [-0.39, 0.29) is 12.2 Å². The molecule has 116 valence electrons. The molecule has 6 nitrogen and oxygen atoms in total. The van der Waals surface area contributed by atoms with Crippen molar-refractivity contribution in [1.29, 1.82) is 0 Å². The fraction of sp³-hybridized carbons (Fsp3) is 0.267. The lowest BCUT2D eigenvalue weighted by Crippen LogP contribution is -2.31. The highest BCUT2D eigenvalue weighted by Gasteiger charge is 2.25. The number of ether oxygens (including phenoxy) is 1. The van der Waals surface area contributed by atoms with E-state index in [4.69, 9.17) is 11.6 Å². The van der Waals surface area contributed by atoms with Gasteiger partial charge in [0, 0.05) is 17.1 Å². The van der Waals surface area contributed by atoms with Crippen molar-refractivity contribution >= 4 is 23.4 Å². The summed E-state index contributed by atoms with van der Waals surface area (Å²) in [4.78, 5) is 11.3. The molecule has 2 rings (SSSR count). The Morgan fingerprint density at radius 3 is 2.64 bits per heavy atom. The number of nitrogens with zero attached hydrogens (tertiary/aromatic N) is 2. The summed E-state index contributed by atoms with van der Waals surface area (Å²) in [6.07, 6.45) is 0. The van der Waals surface area contributed by atoms with E-state index in [0.717, 1.165) is 0 Å². The lowest BCUT2D eigenvalue weighted by atomic mass is 9.96. The van der Waals surface area contributed by atoms with E-state index in [0.29, 0.717) is 16.4 Å². The molecule has 1 unspecified atom stereocenters. The highest BCUT2D eigenvalue weighted by Crippen LogP contribution is 2.27. The van der Waals surface area contributed by atoms with Crippen molar-refractivity contribution in [2.45, 2.75) is 12.5 Å². The molecule has 0 amide bonds. The quantitative estimate of drug-likeness (QED) is 0.822. The molecule has 0 aliphatic carbocycles. The van der Waals surface area contributed by atoms with Crippen molar-refractivity contribution < 1.29 is 14.6 Å². The van der Waals surface area contributed by atoms with Crippen LogP contribution in [0.2, 0.25) is 5.02 Å². The molecule has 1 aromatic heterocycles. The molecular formula is C15H16ClN3O3. The van der Waals surface area contributed by atoms with Crippen LogP contribution < -0.4 is 5.32 Å². The van der Waals surface area contributed by atoms with Crippen LogP contribution in [0.15, 0.2) is 36.4 Å². The van der Waals surface area contributed by atoms with Crippen LogP contribution in [-0.2, 0) is 10.3 Å². The zero-order chi connectivity index (χ0) is 16.2. The van der Waals surface area contributed by atoms with Crippen molar-refractivity contribution in [3.05, 3.63) is 52.7 Å². The normalized spacial score (nSPS) is 13.3. The molecule has 0 aliphatic rings. The van der Waals surface area contributed by atoms with E-state index in [1.807, 2.05) is 0 Å². The summed E-state index contributed by atoms with van der Waals surface area (Å²) in [7, 11) is 1.27. The van der Waals surface area contributed by atoms with Crippen LogP contribution in [0.3, 0.4) is 0 Å². The van der Waals surface area contributed by atoms with Crippen LogP contribution in [0.5, 0.6) is 0 Å². The number of benzene rings is 1. The lowest BCUT2D eigenvalue weighted by Gasteiger charge is -2.25. The Morgan fingerprint density at radius 1 is 1.32 bits per heavy atom. The first-order chi connectivity index (χ1) is 10.4. The zero-order valence-corrected chi connectivity index (χ0v) is 13.0. The molecule has 0 fully saturated rings. The molecule has 1 heterocycles. The number of nitrogens with one attached hydrogen (secondary N) is 1. The van der Waals surface area contributed by atoms with Gasteiger partial charge in [0.25, 0.3) is 0 Å². The Labute approximate surface area is 133 Å². The minimum atomic E-state index is -1.18. The molecule has 0 bridgehead atoms. The molecule has 0 spiro atoms. The highest BCUT2D eigenvalue weighted by atomic mass is 35.5. The highest BCUT2D eigenvalue weighted by molar-refractivity contribution is 6.31. The van der Waals surface area contributed by atoms with Gasteiger partial charge in [0.15, 0.2) is 5.69 Å². The summed E-state index contributed by atoms with van der Waals surface area (Å²) in [6.45, 7) is 1.83. The molecular weight excluding hydrogens is 306 g/mol. The summed E-state index contributed by atoms with van der Waals surface area (Å²) in [6, 6.07) is 10.2. The van der Waals surface area contributed by atoms with Gasteiger partial charge in [0.05, 0.1) is 7.11 Å². The van der Waals surface area contributed by atoms with Gasteiger partial charge in [-0.15, -0.1) is 10.2 Å². The second-order valence-electron chi connectivity index (χ2n) is 4.90. The van der Waals surface area contributed by atoms with Gasteiger partial charge in [0.2, 0.25) is 0 Å². The lowest BCUT2D eigenvalue weighted by molar-refractivity contribution is 0.0592. The van der Waals surface area contributed by atoms with E-state index >= 15 is 0 Å². The average molecular weight is 322 g/mol. The van der Waals surface area contributed by atoms with E-state index < -0.39 is 11.6 Å². The maximum atomic E-state index is 11.3. The van der Waals surface area contributed by atoms with Gasteiger partial charge >= 0.3 is 5.97 Å². The number of halogens is 1. The fourth-order valence-electron chi connectivity index (χ4n) is 1.90. The number of aromatic nitrogens is 2. The minimum Gasteiger partial charge on any atom is -0.464 e. The first kappa shape index (κ1) is 16.2. The van der Waals surface area contributed by atoms with Crippen LogP contribution >= 0.6 is 11.6 Å². The van der Waals surface area contributed by atoms with E-state index in [1.54, 1.807) is 37.3 Å². The third-order valence-electron chi connectivity index (χ3n) is 3.13. The van der Waals surface area contributed by atoms with E-state index in [2.05, 4.69) is 20.3 Å². The molecule has 0 aliphatic heterocycles. The van der Waals surface area contributed by atoms with Gasteiger partial charge in [-0.2, -0.15) is 0 Å². The van der Waals surface area contributed by atoms with Gasteiger partial charge in [-0.1, -0.05) is 29.8 Å². The van der Waals surface area contributed by atoms with Gasteiger partial charge in [0.1, 0.15) is 11.4 Å². The van der Waals surface area contributed by atoms with E-state index in [1.165, 1.54) is 13.2 Å². The number of carbonyl (C=O) groups is 1. The van der Waals surface area contributed by atoms with Crippen molar-refractivity contribution in [2.24, 2.45) is 0 Å². The monoisotopic (exact) mass is 321 g/mol.